The number of unbranched alkanes of at least 4 members (excludes halogenated alkanes) is 1. The SMILES string of the molecule is C.C.CC.CC.CCCCN1C(=O)CCC1C. The van der Waals surface area contributed by atoms with Gasteiger partial charge in [0.2, 0.25) is 5.91 Å². The van der Waals surface area contributed by atoms with Crippen LogP contribution in [-0.4, -0.2) is 23.4 Å². The summed E-state index contributed by atoms with van der Waals surface area (Å²) in [5.74, 6) is 0.353. The molecule has 1 unspecified atom stereocenters. The summed E-state index contributed by atoms with van der Waals surface area (Å²) in [5.41, 5.74) is 0. The molecule has 0 aliphatic carbocycles. The van der Waals surface area contributed by atoms with Gasteiger partial charge in [0, 0.05) is 19.0 Å². The van der Waals surface area contributed by atoms with Crippen LogP contribution < -0.4 is 0 Å². The van der Waals surface area contributed by atoms with Gasteiger partial charge in [0.1, 0.15) is 0 Å². The monoisotopic (exact) mass is 247 g/mol. The van der Waals surface area contributed by atoms with Gasteiger partial charge in [-0.3, -0.25) is 4.79 Å². The van der Waals surface area contributed by atoms with Gasteiger partial charge in [0.05, 0.1) is 0 Å². The van der Waals surface area contributed by atoms with E-state index in [-0.39, 0.29) is 14.9 Å². The molecule has 1 heterocycles. The lowest BCUT2D eigenvalue weighted by molar-refractivity contribution is -0.128. The summed E-state index contributed by atoms with van der Waals surface area (Å²) in [7, 11) is 0. The molecule has 0 bridgehead atoms. The highest BCUT2D eigenvalue weighted by Crippen LogP contribution is 2.18. The van der Waals surface area contributed by atoms with Crippen molar-refractivity contribution in [2.75, 3.05) is 6.54 Å². The molecule has 1 atom stereocenters. The van der Waals surface area contributed by atoms with Crippen LogP contribution in [0.2, 0.25) is 0 Å². The molecule has 1 aliphatic rings. The molecule has 0 aromatic heterocycles. The Labute approximate surface area is 111 Å². The summed E-state index contributed by atoms with van der Waals surface area (Å²) in [6.07, 6.45) is 4.15. The lowest BCUT2D eigenvalue weighted by Crippen LogP contribution is -2.31. The van der Waals surface area contributed by atoms with Crippen LogP contribution in [0.15, 0.2) is 0 Å². The summed E-state index contributed by atoms with van der Waals surface area (Å²) >= 11 is 0. The maximum absolute atomic E-state index is 11.2. The maximum Gasteiger partial charge on any atom is 0.222 e. The summed E-state index contributed by atoms with van der Waals surface area (Å²) in [5, 5.41) is 0. The lowest BCUT2D eigenvalue weighted by atomic mass is 10.2. The molecule has 0 aromatic rings. The Kier molecular flexibility index (Phi) is 26.6. The van der Waals surface area contributed by atoms with E-state index in [1.165, 1.54) is 6.42 Å². The van der Waals surface area contributed by atoms with Crippen molar-refractivity contribution in [3.63, 3.8) is 0 Å². The van der Waals surface area contributed by atoms with Gasteiger partial charge in [-0.15, -0.1) is 0 Å². The Hall–Kier alpha value is -0.530. The molecule has 0 saturated carbocycles. The minimum Gasteiger partial charge on any atom is -0.340 e. The smallest absolute Gasteiger partial charge is 0.222 e. The minimum atomic E-state index is 0. The van der Waals surface area contributed by atoms with Crippen LogP contribution in [-0.2, 0) is 4.79 Å². The van der Waals surface area contributed by atoms with Gasteiger partial charge < -0.3 is 4.90 Å². The molecule has 0 radical (unpaired) electrons. The van der Waals surface area contributed by atoms with Gasteiger partial charge in [0.15, 0.2) is 0 Å². The first-order chi connectivity index (χ1) is 7.25. The molecule has 2 nitrogen and oxygen atoms in total. The Morgan fingerprint density at radius 3 is 1.94 bits per heavy atom. The van der Waals surface area contributed by atoms with Crippen LogP contribution in [0.4, 0.5) is 0 Å². The zero-order valence-corrected chi connectivity index (χ0v) is 11.5. The molecule has 0 spiro atoms. The number of likely N-dealkylation sites (tertiary alicyclic amines) is 1. The molecule has 1 aliphatic heterocycles. The summed E-state index contributed by atoms with van der Waals surface area (Å²) in [6.45, 7) is 13.3. The summed E-state index contributed by atoms with van der Waals surface area (Å²) in [6, 6.07) is 0.494. The molecule has 1 rings (SSSR count). The predicted molar refractivity (Wildman–Crippen MR) is 81.5 cm³/mol. The third-order valence-corrected chi connectivity index (χ3v) is 2.38. The van der Waals surface area contributed by atoms with E-state index < -0.39 is 0 Å². The van der Waals surface area contributed by atoms with Gasteiger partial charge in [-0.2, -0.15) is 0 Å². The first-order valence-corrected chi connectivity index (χ1v) is 6.55. The van der Waals surface area contributed by atoms with E-state index in [0.29, 0.717) is 11.9 Å². The number of amides is 1. The van der Waals surface area contributed by atoms with Crippen molar-refractivity contribution in [3.8, 4) is 0 Å². The zero-order chi connectivity index (χ0) is 12.3. The molecule has 108 valence electrons. The van der Waals surface area contributed by atoms with E-state index in [1.807, 2.05) is 32.6 Å². The molecule has 0 N–H and O–H groups in total. The van der Waals surface area contributed by atoms with Crippen molar-refractivity contribution in [3.05, 3.63) is 0 Å². The minimum absolute atomic E-state index is 0. The predicted octanol–water partition coefficient (Wildman–Crippen LogP) is 5.12. The highest BCUT2D eigenvalue weighted by molar-refractivity contribution is 5.78. The van der Waals surface area contributed by atoms with Crippen molar-refractivity contribution in [1.82, 2.24) is 4.90 Å². The normalized spacial score (nSPS) is 16.7. The van der Waals surface area contributed by atoms with Crippen LogP contribution in [0.3, 0.4) is 0 Å². The molecular formula is C15H37NO. The highest BCUT2D eigenvalue weighted by atomic mass is 16.2. The maximum atomic E-state index is 11.2. The Balaban J connectivity index is -0.000000128. The molecule has 1 saturated heterocycles. The Morgan fingerprint density at radius 1 is 1.18 bits per heavy atom. The van der Waals surface area contributed by atoms with Crippen LogP contribution in [0.1, 0.15) is 82.1 Å². The quantitative estimate of drug-likeness (QED) is 0.677. The van der Waals surface area contributed by atoms with Crippen molar-refractivity contribution in [2.45, 2.75) is 88.1 Å². The first-order valence-electron chi connectivity index (χ1n) is 6.55. The van der Waals surface area contributed by atoms with Crippen LogP contribution in [0.5, 0.6) is 0 Å². The topological polar surface area (TPSA) is 20.3 Å². The van der Waals surface area contributed by atoms with Crippen LogP contribution in [0.25, 0.3) is 0 Å². The fourth-order valence-electron chi connectivity index (χ4n) is 1.55. The third kappa shape index (κ3) is 10.3. The Morgan fingerprint density at radius 2 is 1.65 bits per heavy atom. The van der Waals surface area contributed by atoms with Gasteiger partial charge in [0.25, 0.3) is 0 Å². The van der Waals surface area contributed by atoms with Gasteiger partial charge in [-0.25, -0.2) is 0 Å². The molecule has 17 heavy (non-hydrogen) atoms. The fourth-order valence-corrected chi connectivity index (χ4v) is 1.55. The number of carbonyl (C=O) groups is 1. The number of rotatable bonds is 3. The van der Waals surface area contributed by atoms with Crippen molar-refractivity contribution in [2.24, 2.45) is 0 Å². The second-order valence-corrected chi connectivity index (χ2v) is 3.33. The van der Waals surface area contributed by atoms with E-state index in [0.717, 1.165) is 25.8 Å². The molecule has 0 aromatic carbocycles. The Bertz CT molecular complexity index is 146. The first kappa shape index (κ1) is 25.3. The molecule has 2 heteroatoms. The average Bonchev–Trinajstić information content (AvgIpc) is 2.62. The second-order valence-electron chi connectivity index (χ2n) is 3.33. The number of nitrogens with zero attached hydrogens (tertiary/aromatic N) is 1. The van der Waals surface area contributed by atoms with Crippen molar-refractivity contribution < 1.29 is 4.79 Å². The average molecular weight is 247 g/mol. The van der Waals surface area contributed by atoms with Crippen molar-refractivity contribution in [1.29, 1.82) is 0 Å². The summed E-state index contributed by atoms with van der Waals surface area (Å²) < 4.78 is 0. The van der Waals surface area contributed by atoms with Gasteiger partial charge in [-0.05, 0) is 19.8 Å². The van der Waals surface area contributed by atoms with E-state index in [2.05, 4.69) is 13.8 Å². The van der Waals surface area contributed by atoms with Crippen LogP contribution in [0, 0.1) is 0 Å². The van der Waals surface area contributed by atoms with E-state index >= 15 is 0 Å². The third-order valence-electron chi connectivity index (χ3n) is 2.38. The number of carbonyl (C=O) groups excluding carboxylic acids is 1. The molecule has 1 amide bonds. The standard InChI is InChI=1S/C9H17NO.2C2H6.2CH4/c1-3-4-7-10-8(2)5-6-9(10)11;2*1-2;;/h8H,3-7H2,1-2H3;2*1-2H3;2*1H4. The van der Waals surface area contributed by atoms with E-state index in [9.17, 15) is 4.79 Å². The molecular weight excluding hydrogens is 210 g/mol. The van der Waals surface area contributed by atoms with E-state index in [4.69, 9.17) is 0 Å². The summed E-state index contributed by atoms with van der Waals surface area (Å²) in [4.78, 5) is 13.2. The number of hydrogen-bond donors (Lipinski definition) is 0. The fraction of sp³-hybridized carbons (Fsp3) is 0.933. The van der Waals surface area contributed by atoms with Gasteiger partial charge in [-0.1, -0.05) is 55.9 Å². The van der Waals surface area contributed by atoms with Crippen LogP contribution >= 0.6 is 0 Å². The van der Waals surface area contributed by atoms with Gasteiger partial charge >= 0.3 is 0 Å². The number of hydrogen-bond acceptors (Lipinski definition) is 1. The van der Waals surface area contributed by atoms with E-state index in [1.54, 1.807) is 0 Å². The highest BCUT2D eigenvalue weighted by Gasteiger charge is 2.26. The largest absolute Gasteiger partial charge is 0.340 e. The lowest BCUT2D eigenvalue weighted by Gasteiger charge is -2.20. The molecule has 1 fully saturated rings. The zero-order valence-electron chi connectivity index (χ0n) is 11.5. The second kappa shape index (κ2) is 17.9. The van der Waals surface area contributed by atoms with Crippen molar-refractivity contribution >= 4 is 5.91 Å².